The molecule has 0 bridgehead atoms. The van der Waals surface area contributed by atoms with E-state index in [1.165, 1.54) is 5.56 Å². The summed E-state index contributed by atoms with van der Waals surface area (Å²) in [5, 5.41) is 0.779. The van der Waals surface area contributed by atoms with E-state index in [1.54, 1.807) is 11.8 Å². The minimum absolute atomic E-state index is 0.646. The third-order valence-corrected chi connectivity index (χ3v) is 5.02. The molecule has 2 aromatic rings. The summed E-state index contributed by atoms with van der Waals surface area (Å²) >= 11 is 11.5. The van der Waals surface area contributed by atoms with Gasteiger partial charge in [0.25, 0.3) is 0 Å². The number of rotatable bonds is 4. The zero-order valence-electron chi connectivity index (χ0n) is 9.70. The lowest BCUT2D eigenvalue weighted by Crippen LogP contribution is -2.02. The SMILES string of the molecule is NCCc1ccc(Sc2ccccc2Br)c(Cl)c1. The van der Waals surface area contributed by atoms with Crippen molar-refractivity contribution in [3.05, 3.63) is 57.5 Å². The Balaban J connectivity index is 2.22. The van der Waals surface area contributed by atoms with Gasteiger partial charge in [0, 0.05) is 14.3 Å². The summed E-state index contributed by atoms with van der Waals surface area (Å²) in [6, 6.07) is 14.2. The van der Waals surface area contributed by atoms with Crippen molar-refractivity contribution in [3.8, 4) is 0 Å². The molecule has 0 saturated heterocycles. The zero-order valence-corrected chi connectivity index (χ0v) is 12.9. The molecule has 4 heteroatoms. The van der Waals surface area contributed by atoms with Gasteiger partial charge in [-0.3, -0.25) is 0 Å². The summed E-state index contributed by atoms with van der Waals surface area (Å²) in [6.45, 7) is 0.646. The molecule has 0 radical (unpaired) electrons. The van der Waals surface area contributed by atoms with E-state index in [0.29, 0.717) is 6.54 Å². The van der Waals surface area contributed by atoms with Gasteiger partial charge in [-0.15, -0.1) is 0 Å². The van der Waals surface area contributed by atoms with Crippen molar-refractivity contribution >= 4 is 39.3 Å². The molecular formula is C14H13BrClNS. The third kappa shape index (κ3) is 3.51. The lowest BCUT2D eigenvalue weighted by atomic mass is 10.1. The molecule has 2 aromatic carbocycles. The van der Waals surface area contributed by atoms with Gasteiger partial charge in [-0.25, -0.2) is 0 Å². The fourth-order valence-corrected chi connectivity index (χ4v) is 3.28. The monoisotopic (exact) mass is 341 g/mol. The molecule has 0 unspecified atom stereocenters. The Morgan fingerprint density at radius 1 is 1.11 bits per heavy atom. The van der Waals surface area contributed by atoms with E-state index < -0.39 is 0 Å². The Morgan fingerprint density at radius 3 is 2.56 bits per heavy atom. The second kappa shape index (κ2) is 6.62. The quantitative estimate of drug-likeness (QED) is 0.867. The summed E-state index contributed by atoms with van der Waals surface area (Å²) in [5.74, 6) is 0. The van der Waals surface area contributed by atoms with E-state index in [1.807, 2.05) is 24.3 Å². The second-order valence-corrected chi connectivity index (χ2v) is 6.18. The molecule has 0 atom stereocenters. The van der Waals surface area contributed by atoms with Crippen molar-refractivity contribution in [2.24, 2.45) is 5.73 Å². The minimum Gasteiger partial charge on any atom is -0.330 e. The van der Waals surface area contributed by atoms with Gasteiger partial charge < -0.3 is 5.73 Å². The van der Waals surface area contributed by atoms with Crippen LogP contribution in [0.25, 0.3) is 0 Å². The zero-order chi connectivity index (χ0) is 13.0. The van der Waals surface area contributed by atoms with Gasteiger partial charge in [0.2, 0.25) is 0 Å². The van der Waals surface area contributed by atoms with E-state index in [2.05, 4.69) is 34.1 Å². The number of hydrogen-bond acceptors (Lipinski definition) is 2. The van der Waals surface area contributed by atoms with E-state index in [9.17, 15) is 0 Å². The first kappa shape index (κ1) is 13.9. The van der Waals surface area contributed by atoms with E-state index in [0.717, 1.165) is 25.7 Å². The van der Waals surface area contributed by atoms with Crippen LogP contribution in [0.15, 0.2) is 56.7 Å². The molecule has 0 fully saturated rings. The van der Waals surface area contributed by atoms with Crippen LogP contribution in [0.1, 0.15) is 5.56 Å². The van der Waals surface area contributed by atoms with E-state index >= 15 is 0 Å². The molecule has 18 heavy (non-hydrogen) atoms. The average molecular weight is 343 g/mol. The van der Waals surface area contributed by atoms with Crippen molar-refractivity contribution in [3.63, 3.8) is 0 Å². The molecule has 0 aliphatic carbocycles. The van der Waals surface area contributed by atoms with Crippen molar-refractivity contribution in [2.45, 2.75) is 16.2 Å². The molecule has 0 aromatic heterocycles. The van der Waals surface area contributed by atoms with Crippen LogP contribution in [0.5, 0.6) is 0 Å². The van der Waals surface area contributed by atoms with Crippen molar-refractivity contribution in [1.82, 2.24) is 0 Å². The highest BCUT2D eigenvalue weighted by molar-refractivity contribution is 9.10. The standard InChI is InChI=1S/C14H13BrClNS/c15-11-3-1-2-4-13(11)18-14-6-5-10(7-8-17)9-12(14)16/h1-6,9H,7-8,17H2. The van der Waals surface area contributed by atoms with Crippen LogP contribution in [0.3, 0.4) is 0 Å². The van der Waals surface area contributed by atoms with E-state index in [-0.39, 0.29) is 0 Å². The van der Waals surface area contributed by atoms with Gasteiger partial charge in [0.1, 0.15) is 0 Å². The first-order valence-electron chi connectivity index (χ1n) is 5.61. The fourth-order valence-electron chi connectivity index (χ4n) is 1.60. The molecule has 0 aliphatic rings. The molecule has 0 saturated carbocycles. The minimum atomic E-state index is 0.646. The lowest BCUT2D eigenvalue weighted by Gasteiger charge is -2.07. The summed E-state index contributed by atoms with van der Waals surface area (Å²) in [5.41, 5.74) is 6.72. The van der Waals surface area contributed by atoms with Gasteiger partial charge in [-0.1, -0.05) is 41.6 Å². The molecule has 94 valence electrons. The summed E-state index contributed by atoms with van der Waals surface area (Å²) in [4.78, 5) is 2.22. The Labute approximate surface area is 125 Å². The maximum absolute atomic E-state index is 6.29. The Morgan fingerprint density at radius 2 is 1.89 bits per heavy atom. The predicted octanol–water partition coefficient (Wildman–Crippen LogP) is 4.75. The number of benzene rings is 2. The molecule has 0 spiro atoms. The third-order valence-electron chi connectivity index (χ3n) is 2.49. The Bertz CT molecular complexity index is 545. The van der Waals surface area contributed by atoms with Crippen molar-refractivity contribution in [2.75, 3.05) is 6.54 Å². The molecule has 0 heterocycles. The van der Waals surface area contributed by atoms with Crippen molar-refractivity contribution in [1.29, 1.82) is 0 Å². The lowest BCUT2D eigenvalue weighted by molar-refractivity contribution is 0.966. The smallest absolute Gasteiger partial charge is 0.0548 e. The van der Waals surface area contributed by atoms with Gasteiger partial charge >= 0.3 is 0 Å². The van der Waals surface area contributed by atoms with Gasteiger partial charge in [0.15, 0.2) is 0 Å². The summed E-state index contributed by atoms with van der Waals surface area (Å²) < 4.78 is 1.08. The fraction of sp³-hybridized carbons (Fsp3) is 0.143. The molecule has 1 nitrogen and oxygen atoms in total. The molecule has 0 aliphatic heterocycles. The van der Waals surface area contributed by atoms with Gasteiger partial charge in [-0.05, 0) is 58.7 Å². The van der Waals surface area contributed by atoms with Crippen LogP contribution < -0.4 is 5.73 Å². The molecule has 2 N–H and O–H groups in total. The predicted molar refractivity (Wildman–Crippen MR) is 82.5 cm³/mol. The van der Waals surface area contributed by atoms with Crippen LogP contribution >= 0.6 is 39.3 Å². The molecule has 0 amide bonds. The van der Waals surface area contributed by atoms with Gasteiger partial charge in [0.05, 0.1) is 5.02 Å². The summed E-state index contributed by atoms with van der Waals surface area (Å²) in [6.07, 6.45) is 0.861. The number of hydrogen-bond donors (Lipinski definition) is 1. The van der Waals surface area contributed by atoms with Crippen LogP contribution in [0.4, 0.5) is 0 Å². The highest BCUT2D eigenvalue weighted by atomic mass is 79.9. The van der Waals surface area contributed by atoms with Crippen LogP contribution in [0, 0.1) is 0 Å². The van der Waals surface area contributed by atoms with E-state index in [4.69, 9.17) is 17.3 Å². The maximum atomic E-state index is 6.29. The largest absolute Gasteiger partial charge is 0.330 e. The van der Waals surface area contributed by atoms with Crippen LogP contribution in [-0.4, -0.2) is 6.54 Å². The van der Waals surface area contributed by atoms with Gasteiger partial charge in [-0.2, -0.15) is 0 Å². The summed E-state index contributed by atoms with van der Waals surface area (Å²) in [7, 11) is 0. The molecular weight excluding hydrogens is 330 g/mol. The van der Waals surface area contributed by atoms with Crippen LogP contribution in [-0.2, 0) is 6.42 Å². The Hall–Kier alpha value is -0.480. The second-order valence-electron chi connectivity index (χ2n) is 3.84. The van der Waals surface area contributed by atoms with Crippen LogP contribution in [0.2, 0.25) is 5.02 Å². The number of halogens is 2. The topological polar surface area (TPSA) is 26.0 Å². The van der Waals surface area contributed by atoms with Crippen molar-refractivity contribution < 1.29 is 0 Å². The normalized spacial score (nSPS) is 10.6. The average Bonchev–Trinajstić information content (AvgIpc) is 2.35. The number of nitrogens with two attached hydrogens (primary N) is 1. The highest BCUT2D eigenvalue weighted by Gasteiger charge is 2.06. The maximum Gasteiger partial charge on any atom is 0.0548 e. The highest BCUT2D eigenvalue weighted by Crippen LogP contribution is 2.37. The first-order valence-corrected chi connectivity index (χ1v) is 7.60. The molecule has 2 rings (SSSR count). The first-order chi connectivity index (χ1) is 8.70. The Kier molecular flexibility index (Phi) is 5.13.